The maximum absolute atomic E-state index is 11.8. The van der Waals surface area contributed by atoms with Crippen molar-refractivity contribution in [2.45, 2.75) is 13.3 Å². The highest BCUT2D eigenvalue weighted by Crippen LogP contribution is 2.10. The predicted molar refractivity (Wildman–Crippen MR) is 73.4 cm³/mol. The van der Waals surface area contributed by atoms with Gasteiger partial charge in [-0.05, 0) is 19.1 Å². The van der Waals surface area contributed by atoms with E-state index in [4.69, 9.17) is 4.52 Å². The van der Waals surface area contributed by atoms with E-state index in [2.05, 4.69) is 20.4 Å². The summed E-state index contributed by atoms with van der Waals surface area (Å²) < 4.78 is 4.86. The Morgan fingerprint density at radius 3 is 3.00 bits per heavy atom. The number of aryl methyl sites for hydroxylation is 1. The molecule has 102 valence electrons. The van der Waals surface area contributed by atoms with E-state index in [1.807, 2.05) is 24.3 Å². The first-order valence-electron chi connectivity index (χ1n) is 6.37. The number of amides is 1. The highest BCUT2D eigenvalue weighted by molar-refractivity contribution is 5.94. The highest BCUT2D eigenvalue weighted by Gasteiger charge is 2.12. The Hall–Kier alpha value is -2.63. The van der Waals surface area contributed by atoms with Crippen LogP contribution >= 0.6 is 0 Å². The number of imidazole rings is 1. The van der Waals surface area contributed by atoms with Gasteiger partial charge in [0.1, 0.15) is 17.1 Å². The van der Waals surface area contributed by atoms with E-state index in [-0.39, 0.29) is 5.91 Å². The minimum absolute atomic E-state index is 0.181. The highest BCUT2D eigenvalue weighted by atomic mass is 16.5. The normalized spacial score (nSPS) is 10.8. The minimum atomic E-state index is -0.181. The predicted octanol–water partition coefficient (Wildman–Crippen LogP) is 1.83. The van der Waals surface area contributed by atoms with Crippen molar-refractivity contribution in [3.63, 3.8) is 0 Å². The van der Waals surface area contributed by atoms with E-state index >= 15 is 0 Å². The van der Waals surface area contributed by atoms with Crippen LogP contribution in [0.15, 0.2) is 35.0 Å². The van der Waals surface area contributed by atoms with Crippen molar-refractivity contribution in [1.29, 1.82) is 0 Å². The van der Waals surface area contributed by atoms with Gasteiger partial charge in [-0.25, -0.2) is 4.98 Å². The lowest BCUT2D eigenvalue weighted by Crippen LogP contribution is -2.26. The largest absolute Gasteiger partial charge is 0.361 e. The van der Waals surface area contributed by atoms with Crippen molar-refractivity contribution in [1.82, 2.24) is 20.4 Å². The van der Waals surface area contributed by atoms with E-state index in [1.54, 1.807) is 6.92 Å². The number of rotatable bonds is 4. The van der Waals surface area contributed by atoms with Crippen LogP contribution in [0, 0.1) is 6.92 Å². The lowest BCUT2D eigenvalue weighted by Gasteiger charge is -2.01. The van der Waals surface area contributed by atoms with Crippen molar-refractivity contribution in [2.24, 2.45) is 0 Å². The lowest BCUT2D eigenvalue weighted by atomic mass is 10.2. The van der Waals surface area contributed by atoms with E-state index in [0.29, 0.717) is 24.3 Å². The van der Waals surface area contributed by atoms with Gasteiger partial charge in [-0.15, -0.1) is 0 Å². The number of fused-ring (bicyclic) bond motifs is 1. The van der Waals surface area contributed by atoms with Gasteiger partial charge >= 0.3 is 0 Å². The monoisotopic (exact) mass is 270 g/mol. The second kappa shape index (κ2) is 5.16. The Balaban J connectivity index is 1.60. The first-order valence-corrected chi connectivity index (χ1v) is 6.37. The fourth-order valence-electron chi connectivity index (χ4n) is 2.03. The average molecular weight is 270 g/mol. The molecule has 3 aromatic rings. The molecular weight excluding hydrogens is 256 g/mol. The summed E-state index contributed by atoms with van der Waals surface area (Å²) in [5.74, 6) is 1.19. The number of aromatic nitrogens is 3. The molecule has 2 aromatic heterocycles. The molecule has 0 unspecified atom stereocenters. The number of hydrogen-bond donors (Lipinski definition) is 2. The molecular formula is C14H14N4O2. The summed E-state index contributed by atoms with van der Waals surface area (Å²) >= 11 is 0. The van der Waals surface area contributed by atoms with Crippen LogP contribution < -0.4 is 5.32 Å². The molecule has 0 aliphatic carbocycles. The van der Waals surface area contributed by atoms with E-state index < -0.39 is 0 Å². The Bertz CT molecular complexity index is 711. The summed E-state index contributed by atoms with van der Waals surface area (Å²) in [6.07, 6.45) is 2.07. The molecule has 0 spiro atoms. The van der Waals surface area contributed by atoms with Crippen LogP contribution in [-0.2, 0) is 6.42 Å². The van der Waals surface area contributed by atoms with Crippen molar-refractivity contribution >= 4 is 16.9 Å². The number of para-hydroxylation sites is 2. The number of benzene rings is 1. The molecule has 0 saturated carbocycles. The van der Waals surface area contributed by atoms with Crippen molar-refractivity contribution in [2.75, 3.05) is 6.54 Å². The zero-order valence-corrected chi connectivity index (χ0v) is 11.0. The van der Waals surface area contributed by atoms with E-state index in [0.717, 1.165) is 16.9 Å². The van der Waals surface area contributed by atoms with Crippen LogP contribution in [0.4, 0.5) is 0 Å². The Kier molecular flexibility index (Phi) is 3.20. The molecule has 6 heteroatoms. The molecule has 0 fully saturated rings. The molecule has 20 heavy (non-hydrogen) atoms. The molecule has 2 heterocycles. The molecule has 0 saturated heterocycles. The van der Waals surface area contributed by atoms with Gasteiger partial charge in [-0.2, -0.15) is 0 Å². The van der Waals surface area contributed by atoms with Crippen LogP contribution in [0.2, 0.25) is 0 Å². The zero-order chi connectivity index (χ0) is 13.9. The van der Waals surface area contributed by atoms with Gasteiger partial charge in [0.25, 0.3) is 5.91 Å². The Morgan fingerprint density at radius 2 is 2.25 bits per heavy atom. The van der Waals surface area contributed by atoms with Crippen molar-refractivity contribution in [3.8, 4) is 0 Å². The van der Waals surface area contributed by atoms with Gasteiger partial charge in [-0.3, -0.25) is 4.79 Å². The standard InChI is InChI=1S/C14H14N4O2/c1-9-10(8-16-20-9)14(19)15-7-6-13-17-11-4-2-3-5-12(11)18-13/h2-5,8H,6-7H2,1H3,(H,15,19)(H,17,18). The number of aromatic amines is 1. The third-order valence-electron chi connectivity index (χ3n) is 3.08. The maximum Gasteiger partial charge on any atom is 0.256 e. The average Bonchev–Trinajstić information content (AvgIpc) is 3.04. The summed E-state index contributed by atoms with van der Waals surface area (Å²) in [6, 6.07) is 7.84. The molecule has 0 atom stereocenters. The Labute approximate surface area is 115 Å². The van der Waals surface area contributed by atoms with Gasteiger partial charge in [-0.1, -0.05) is 17.3 Å². The van der Waals surface area contributed by atoms with Gasteiger partial charge in [0.2, 0.25) is 0 Å². The third kappa shape index (κ3) is 2.40. The number of hydrogen-bond acceptors (Lipinski definition) is 4. The van der Waals surface area contributed by atoms with Crippen molar-refractivity contribution < 1.29 is 9.32 Å². The van der Waals surface area contributed by atoms with Gasteiger partial charge < -0.3 is 14.8 Å². The van der Waals surface area contributed by atoms with Crippen molar-refractivity contribution in [3.05, 3.63) is 47.6 Å². The maximum atomic E-state index is 11.8. The van der Waals surface area contributed by atoms with Gasteiger partial charge in [0, 0.05) is 13.0 Å². The summed E-state index contributed by atoms with van der Waals surface area (Å²) in [5, 5.41) is 6.40. The number of carbonyl (C=O) groups is 1. The molecule has 3 rings (SSSR count). The summed E-state index contributed by atoms with van der Waals surface area (Å²) in [4.78, 5) is 19.5. The summed E-state index contributed by atoms with van der Waals surface area (Å²) in [6.45, 7) is 2.21. The number of H-pyrrole nitrogens is 1. The first-order chi connectivity index (χ1) is 9.74. The van der Waals surface area contributed by atoms with Crippen LogP contribution in [0.3, 0.4) is 0 Å². The molecule has 0 radical (unpaired) electrons. The second-order valence-electron chi connectivity index (χ2n) is 4.50. The smallest absolute Gasteiger partial charge is 0.256 e. The molecule has 0 aliphatic heterocycles. The van der Waals surface area contributed by atoms with Crippen LogP contribution in [-0.4, -0.2) is 27.6 Å². The fourth-order valence-corrected chi connectivity index (χ4v) is 2.03. The minimum Gasteiger partial charge on any atom is -0.361 e. The lowest BCUT2D eigenvalue weighted by molar-refractivity contribution is 0.0952. The van der Waals surface area contributed by atoms with Crippen LogP contribution in [0.1, 0.15) is 21.9 Å². The first kappa shape index (κ1) is 12.4. The van der Waals surface area contributed by atoms with E-state index in [1.165, 1.54) is 6.20 Å². The molecule has 0 bridgehead atoms. The number of nitrogens with zero attached hydrogens (tertiary/aromatic N) is 2. The summed E-state index contributed by atoms with van der Waals surface area (Å²) in [7, 11) is 0. The molecule has 6 nitrogen and oxygen atoms in total. The van der Waals surface area contributed by atoms with Crippen LogP contribution in [0.25, 0.3) is 11.0 Å². The Morgan fingerprint density at radius 1 is 1.40 bits per heavy atom. The van der Waals surface area contributed by atoms with E-state index in [9.17, 15) is 4.79 Å². The van der Waals surface area contributed by atoms with Crippen LogP contribution in [0.5, 0.6) is 0 Å². The van der Waals surface area contributed by atoms with Gasteiger partial charge in [0.05, 0.1) is 17.2 Å². The third-order valence-corrected chi connectivity index (χ3v) is 3.08. The molecule has 1 aromatic carbocycles. The number of nitrogens with one attached hydrogen (secondary N) is 2. The number of carbonyl (C=O) groups excluding carboxylic acids is 1. The fraction of sp³-hybridized carbons (Fsp3) is 0.214. The molecule has 2 N–H and O–H groups in total. The molecule has 1 amide bonds. The summed E-state index contributed by atoms with van der Waals surface area (Å²) in [5.41, 5.74) is 2.40. The quantitative estimate of drug-likeness (QED) is 0.757. The topological polar surface area (TPSA) is 83.8 Å². The van der Waals surface area contributed by atoms with Gasteiger partial charge in [0.15, 0.2) is 0 Å². The SMILES string of the molecule is Cc1oncc1C(=O)NCCc1nc2ccccc2[nH]1. The second-order valence-corrected chi connectivity index (χ2v) is 4.50. The zero-order valence-electron chi connectivity index (χ0n) is 11.0. The molecule has 0 aliphatic rings.